The summed E-state index contributed by atoms with van der Waals surface area (Å²) in [5, 5.41) is 28.6. The third-order valence-electron chi connectivity index (χ3n) is 3.25. The molecule has 2 N–H and O–H groups in total. The molecule has 0 aliphatic carbocycles. The Kier molecular flexibility index (Phi) is 17.6. The molecule has 0 saturated heterocycles. The van der Waals surface area contributed by atoms with Crippen molar-refractivity contribution in [1.29, 1.82) is 0 Å². The fourth-order valence-corrected chi connectivity index (χ4v) is 1.89. The lowest BCUT2D eigenvalue weighted by Crippen LogP contribution is -2.21. The Balaban J connectivity index is 3.71. The van der Waals surface area contributed by atoms with E-state index in [4.69, 9.17) is 5.11 Å². The number of rotatable bonds is 15. The monoisotopic (exact) mass is 359 g/mol. The van der Waals surface area contributed by atoms with Crippen LogP contribution in [0.4, 0.5) is 0 Å². The Morgan fingerprint density at radius 3 is 2.04 bits per heavy atom. The van der Waals surface area contributed by atoms with Gasteiger partial charge in [-0.05, 0) is 44.9 Å². The third kappa shape index (κ3) is 19.9. The Morgan fingerprint density at radius 2 is 1.38 bits per heavy atom. The van der Waals surface area contributed by atoms with Gasteiger partial charge in [-0.25, -0.2) is 0 Å². The first-order valence-corrected chi connectivity index (χ1v) is 9.09. The number of hydrogen-bond donors (Lipinski definition) is 2. The zero-order valence-electron chi connectivity index (χ0n) is 15.4. The van der Waals surface area contributed by atoms with Gasteiger partial charge >= 0.3 is 0 Å². The summed E-state index contributed by atoms with van der Waals surface area (Å²) in [6.45, 7) is 0.177. The van der Waals surface area contributed by atoms with Gasteiger partial charge in [-0.15, -0.1) is 0 Å². The summed E-state index contributed by atoms with van der Waals surface area (Å²) in [7, 11) is 0. The highest BCUT2D eigenvalue weighted by molar-refractivity contribution is 5.64. The molecule has 0 saturated carbocycles. The first-order valence-electron chi connectivity index (χ1n) is 9.09. The molecule has 0 aliphatic rings. The second-order valence-corrected chi connectivity index (χ2v) is 5.63. The maximum atomic E-state index is 10.2. The fraction of sp³-hybridized carbons (Fsp3) is 0.409. The molecular formula is C22H31O4-. The molecule has 4 heteroatoms. The molecular weight excluding hydrogens is 328 g/mol. The van der Waals surface area contributed by atoms with Crippen LogP contribution in [0.1, 0.15) is 44.9 Å². The van der Waals surface area contributed by atoms with Crippen molar-refractivity contribution in [3.8, 4) is 0 Å². The van der Waals surface area contributed by atoms with Crippen molar-refractivity contribution in [1.82, 2.24) is 0 Å². The van der Waals surface area contributed by atoms with Crippen molar-refractivity contribution in [2.75, 3.05) is 6.61 Å². The van der Waals surface area contributed by atoms with E-state index >= 15 is 0 Å². The Labute approximate surface area is 157 Å². The minimum absolute atomic E-state index is 0.0681. The average Bonchev–Trinajstić information content (AvgIpc) is 2.61. The molecule has 0 rings (SSSR count). The Morgan fingerprint density at radius 1 is 0.808 bits per heavy atom. The largest absolute Gasteiger partial charge is 0.550 e. The quantitative estimate of drug-likeness (QED) is 0.348. The summed E-state index contributed by atoms with van der Waals surface area (Å²) in [5.41, 5.74) is 0. The summed E-state index contributed by atoms with van der Waals surface area (Å²) >= 11 is 0. The fourth-order valence-electron chi connectivity index (χ4n) is 1.89. The number of carboxylic acid groups (broad SMARTS) is 1. The standard InChI is InChI=1S/C22H32O4/c23-20-16-12-8-7-10-14-18-21(24)17-13-9-5-3-1-2-4-6-11-15-19-22(25)26/h1-2,5-6,8-14,17,21,23-24H,3-4,7,15-16,18-20H2,(H,25,26)/p-1/b2-1-,9-5-,11-6-,12-8-,14-10-,17-13+/t21-/m1/s1. The normalized spacial score (nSPS) is 14.2. The summed E-state index contributed by atoms with van der Waals surface area (Å²) in [6, 6.07) is 0. The minimum atomic E-state index is -1.02. The first kappa shape index (κ1) is 23.8. The highest BCUT2D eigenvalue weighted by atomic mass is 16.4. The molecule has 0 fully saturated rings. The lowest BCUT2D eigenvalue weighted by molar-refractivity contribution is -0.305. The molecule has 4 nitrogen and oxygen atoms in total. The summed E-state index contributed by atoms with van der Waals surface area (Å²) < 4.78 is 0. The van der Waals surface area contributed by atoms with Gasteiger partial charge in [0.25, 0.3) is 0 Å². The lowest BCUT2D eigenvalue weighted by Gasteiger charge is -1.98. The minimum Gasteiger partial charge on any atom is -0.550 e. The Bertz CT molecular complexity index is 510. The maximum Gasteiger partial charge on any atom is 0.0758 e. The van der Waals surface area contributed by atoms with Crippen molar-refractivity contribution in [3.05, 3.63) is 72.9 Å². The van der Waals surface area contributed by atoms with Crippen LogP contribution in [0, 0.1) is 0 Å². The van der Waals surface area contributed by atoms with E-state index in [0.29, 0.717) is 19.3 Å². The molecule has 0 aliphatic heterocycles. The molecule has 0 bridgehead atoms. The van der Waals surface area contributed by atoms with Gasteiger partial charge in [0.2, 0.25) is 0 Å². The van der Waals surface area contributed by atoms with E-state index in [1.807, 2.05) is 66.8 Å². The second-order valence-electron chi connectivity index (χ2n) is 5.63. The van der Waals surface area contributed by atoms with Crippen LogP contribution in [0.3, 0.4) is 0 Å². The number of allylic oxidation sites excluding steroid dienone is 9. The van der Waals surface area contributed by atoms with Crippen molar-refractivity contribution in [2.45, 2.75) is 51.0 Å². The molecule has 26 heavy (non-hydrogen) atoms. The molecule has 0 aromatic heterocycles. The smallest absolute Gasteiger partial charge is 0.0758 e. The Hall–Kier alpha value is -2.17. The van der Waals surface area contributed by atoms with Crippen LogP contribution in [-0.4, -0.2) is 28.9 Å². The van der Waals surface area contributed by atoms with Crippen LogP contribution in [0.2, 0.25) is 0 Å². The number of aliphatic hydroxyl groups is 2. The molecule has 0 aromatic rings. The number of aliphatic hydroxyl groups excluding tert-OH is 2. The van der Waals surface area contributed by atoms with Crippen LogP contribution in [0.15, 0.2) is 72.9 Å². The zero-order valence-corrected chi connectivity index (χ0v) is 15.4. The molecule has 0 amide bonds. The summed E-state index contributed by atoms with van der Waals surface area (Å²) in [4.78, 5) is 10.2. The highest BCUT2D eigenvalue weighted by Gasteiger charge is 1.92. The first-order chi connectivity index (χ1) is 12.7. The van der Waals surface area contributed by atoms with Crippen LogP contribution < -0.4 is 5.11 Å². The van der Waals surface area contributed by atoms with E-state index in [1.165, 1.54) is 0 Å². The zero-order chi connectivity index (χ0) is 19.3. The molecule has 144 valence electrons. The number of aliphatic carboxylic acids is 1. The number of carbonyl (C=O) groups is 1. The highest BCUT2D eigenvalue weighted by Crippen LogP contribution is 1.99. The average molecular weight is 359 g/mol. The van der Waals surface area contributed by atoms with Gasteiger partial charge in [-0.1, -0.05) is 72.9 Å². The van der Waals surface area contributed by atoms with Crippen molar-refractivity contribution in [3.63, 3.8) is 0 Å². The SMILES string of the molecule is O=C([O-])CC/C=C\C/C=C\C/C=C\C=C\[C@@H](O)C/C=C\C/C=C\CCO. The second kappa shape index (κ2) is 19.2. The van der Waals surface area contributed by atoms with Gasteiger partial charge in [0.05, 0.1) is 6.10 Å². The van der Waals surface area contributed by atoms with Gasteiger partial charge in [-0.2, -0.15) is 0 Å². The molecule has 0 spiro atoms. The van der Waals surface area contributed by atoms with E-state index in [-0.39, 0.29) is 13.0 Å². The predicted octanol–water partition coefficient (Wildman–Crippen LogP) is 3.16. The van der Waals surface area contributed by atoms with Crippen LogP contribution in [-0.2, 0) is 4.79 Å². The van der Waals surface area contributed by atoms with Crippen LogP contribution in [0.25, 0.3) is 0 Å². The van der Waals surface area contributed by atoms with Gasteiger partial charge in [0.1, 0.15) is 0 Å². The van der Waals surface area contributed by atoms with Crippen molar-refractivity contribution < 1.29 is 20.1 Å². The predicted molar refractivity (Wildman–Crippen MR) is 105 cm³/mol. The molecule has 0 radical (unpaired) electrons. The van der Waals surface area contributed by atoms with Crippen molar-refractivity contribution >= 4 is 5.97 Å². The van der Waals surface area contributed by atoms with Crippen molar-refractivity contribution in [2.24, 2.45) is 0 Å². The molecule has 0 aromatic carbocycles. The summed E-state index contributed by atoms with van der Waals surface area (Å²) in [5.74, 6) is -1.02. The van der Waals surface area contributed by atoms with E-state index in [9.17, 15) is 15.0 Å². The maximum absolute atomic E-state index is 10.2. The van der Waals surface area contributed by atoms with Gasteiger partial charge in [0, 0.05) is 12.6 Å². The van der Waals surface area contributed by atoms with Gasteiger partial charge in [-0.3, -0.25) is 0 Å². The summed E-state index contributed by atoms with van der Waals surface area (Å²) in [6.07, 6.45) is 27.0. The van der Waals surface area contributed by atoms with Crippen LogP contribution >= 0.6 is 0 Å². The molecule has 0 unspecified atom stereocenters. The topological polar surface area (TPSA) is 80.6 Å². The van der Waals surface area contributed by atoms with Crippen LogP contribution in [0.5, 0.6) is 0 Å². The van der Waals surface area contributed by atoms with Gasteiger partial charge in [0.15, 0.2) is 0 Å². The van der Waals surface area contributed by atoms with E-state index in [2.05, 4.69) is 0 Å². The molecule has 0 heterocycles. The number of carbonyl (C=O) groups excluding carboxylic acids is 1. The number of hydrogen-bond acceptors (Lipinski definition) is 4. The molecule has 1 atom stereocenters. The third-order valence-corrected chi connectivity index (χ3v) is 3.25. The van der Waals surface area contributed by atoms with Gasteiger partial charge < -0.3 is 20.1 Å². The number of carboxylic acids is 1. The van der Waals surface area contributed by atoms with E-state index in [1.54, 1.807) is 6.08 Å². The van der Waals surface area contributed by atoms with E-state index < -0.39 is 12.1 Å². The van der Waals surface area contributed by atoms with E-state index in [0.717, 1.165) is 19.3 Å². The lowest BCUT2D eigenvalue weighted by atomic mass is 10.2.